The molecule has 0 saturated heterocycles. The Bertz CT molecular complexity index is 791. The van der Waals surface area contributed by atoms with Crippen LogP contribution in [0, 0.1) is 0 Å². The fraction of sp³-hybridized carbons (Fsp3) is 0.263. The van der Waals surface area contributed by atoms with Gasteiger partial charge < -0.3 is 14.8 Å². The highest BCUT2D eigenvalue weighted by atomic mass is 35.5. The van der Waals surface area contributed by atoms with Gasteiger partial charge in [-0.1, -0.05) is 11.6 Å². The summed E-state index contributed by atoms with van der Waals surface area (Å²) in [6, 6.07) is 12.1. The van der Waals surface area contributed by atoms with E-state index in [2.05, 4.69) is 15.8 Å². The maximum absolute atomic E-state index is 12.2. The minimum Gasteiger partial charge on any atom is -0.497 e. The zero-order valence-corrected chi connectivity index (χ0v) is 15.9. The van der Waals surface area contributed by atoms with E-state index in [1.807, 2.05) is 24.3 Å². The fourth-order valence-electron chi connectivity index (χ4n) is 2.26. The number of halogens is 1. The van der Waals surface area contributed by atoms with Gasteiger partial charge in [-0.05, 0) is 50.2 Å². The Balaban J connectivity index is 2.03. The molecule has 7 heteroatoms. The van der Waals surface area contributed by atoms with Crippen LogP contribution in [0.2, 0.25) is 5.02 Å². The summed E-state index contributed by atoms with van der Waals surface area (Å²) in [5.74, 6) is 1.04. The monoisotopic (exact) mass is 375 g/mol. The molecule has 26 heavy (non-hydrogen) atoms. The van der Waals surface area contributed by atoms with Gasteiger partial charge in [0.25, 0.3) is 5.91 Å². The first kappa shape index (κ1) is 19.6. The number of carbonyl (C=O) groups excluding carboxylic acids is 1. The van der Waals surface area contributed by atoms with Crippen molar-refractivity contribution in [3.8, 4) is 11.5 Å². The standard InChI is InChI=1S/C19H22ClN3O3/c1-12(17-10-9-16(25-3)11-18(17)26-4)22-23-19(24)13(2)21-15-7-5-14(20)6-8-15/h5-11,13,21H,1-4H3,(H,23,24). The van der Waals surface area contributed by atoms with Crippen molar-refractivity contribution in [2.24, 2.45) is 5.10 Å². The van der Waals surface area contributed by atoms with Crippen molar-refractivity contribution in [3.63, 3.8) is 0 Å². The molecule has 0 aliphatic carbocycles. The van der Waals surface area contributed by atoms with Gasteiger partial charge in [0, 0.05) is 22.3 Å². The van der Waals surface area contributed by atoms with Crippen LogP contribution in [-0.2, 0) is 4.79 Å². The third-order valence-electron chi connectivity index (χ3n) is 3.75. The lowest BCUT2D eigenvalue weighted by Crippen LogP contribution is -2.35. The first-order valence-electron chi connectivity index (χ1n) is 8.03. The third kappa shape index (κ3) is 5.13. The number of ether oxygens (including phenoxy) is 2. The van der Waals surface area contributed by atoms with Crippen molar-refractivity contribution in [1.29, 1.82) is 0 Å². The van der Waals surface area contributed by atoms with E-state index < -0.39 is 6.04 Å². The molecule has 2 N–H and O–H groups in total. The quantitative estimate of drug-likeness (QED) is 0.571. The summed E-state index contributed by atoms with van der Waals surface area (Å²) in [4.78, 5) is 12.2. The van der Waals surface area contributed by atoms with E-state index in [4.69, 9.17) is 21.1 Å². The Morgan fingerprint density at radius 1 is 1.12 bits per heavy atom. The molecule has 0 radical (unpaired) electrons. The lowest BCUT2D eigenvalue weighted by atomic mass is 10.1. The molecule has 138 valence electrons. The number of benzene rings is 2. The van der Waals surface area contributed by atoms with Gasteiger partial charge in [0.1, 0.15) is 17.5 Å². The normalized spacial score (nSPS) is 12.3. The van der Waals surface area contributed by atoms with Gasteiger partial charge in [0.2, 0.25) is 0 Å². The van der Waals surface area contributed by atoms with Crippen molar-refractivity contribution >= 4 is 28.9 Å². The molecule has 0 saturated carbocycles. The van der Waals surface area contributed by atoms with Crippen LogP contribution < -0.4 is 20.2 Å². The van der Waals surface area contributed by atoms with E-state index in [9.17, 15) is 4.79 Å². The van der Waals surface area contributed by atoms with E-state index in [1.165, 1.54) is 0 Å². The van der Waals surface area contributed by atoms with Crippen molar-refractivity contribution in [2.75, 3.05) is 19.5 Å². The highest BCUT2D eigenvalue weighted by molar-refractivity contribution is 6.30. The highest BCUT2D eigenvalue weighted by Crippen LogP contribution is 2.25. The summed E-state index contributed by atoms with van der Waals surface area (Å²) in [5, 5.41) is 7.90. The number of hydrogen-bond acceptors (Lipinski definition) is 5. The SMILES string of the molecule is COc1ccc(C(C)=NNC(=O)C(C)Nc2ccc(Cl)cc2)c(OC)c1. The summed E-state index contributed by atoms with van der Waals surface area (Å²) < 4.78 is 10.5. The molecule has 0 bridgehead atoms. The highest BCUT2D eigenvalue weighted by Gasteiger charge is 2.13. The Labute approximate surface area is 158 Å². The summed E-state index contributed by atoms with van der Waals surface area (Å²) in [6.45, 7) is 3.55. The van der Waals surface area contributed by atoms with Gasteiger partial charge in [-0.2, -0.15) is 5.10 Å². The second-order valence-electron chi connectivity index (χ2n) is 5.61. The number of nitrogens with one attached hydrogen (secondary N) is 2. The van der Waals surface area contributed by atoms with Crippen LogP contribution >= 0.6 is 11.6 Å². The molecule has 1 amide bonds. The van der Waals surface area contributed by atoms with Crippen LogP contribution in [0.3, 0.4) is 0 Å². The molecule has 0 aliphatic heterocycles. The molecule has 1 unspecified atom stereocenters. The van der Waals surface area contributed by atoms with E-state index in [0.29, 0.717) is 22.2 Å². The lowest BCUT2D eigenvalue weighted by molar-refractivity contribution is -0.121. The smallest absolute Gasteiger partial charge is 0.262 e. The van der Waals surface area contributed by atoms with Gasteiger partial charge in [0.05, 0.1) is 19.9 Å². The summed E-state index contributed by atoms with van der Waals surface area (Å²) in [5.41, 5.74) is 4.76. The van der Waals surface area contributed by atoms with Crippen LogP contribution in [0.25, 0.3) is 0 Å². The zero-order valence-electron chi connectivity index (χ0n) is 15.2. The van der Waals surface area contributed by atoms with Crippen LogP contribution in [0.1, 0.15) is 19.4 Å². The topological polar surface area (TPSA) is 72.0 Å². The van der Waals surface area contributed by atoms with Gasteiger partial charge >= 0.3 is 0 Å². The average molecular weight is 376 g/mol. The Kier molecular flexibility index (Phi) is 6.86. The van der Waals surface area contributed by atoms with Crippen LogP contribution in [0.15, 0.2) is 47.6 Å². The van der Waals surface area contributed by atoms with Crippen molar-refractivity contribution in [2.45, 2.75) is 19.9 Å². The van der Waals surface area contributed by atoms with Gasteiger partial charge in [-0.15, -0.1) is 0 Å². The number of rotatable bonds is 7. The minimum atomic E-state index is -0.467. The third-order valence-corrected chi connectivity index (χ3v) is 4.00. The molecule has 2 rings (SSSR count). The molecule has 2 aromatic carbocycles. The first-order chi connectivity index (χ1) is 12.4. The number of hydrazone groups is 1. The molecular formula is C19H22ClN3O3. The second-order valence-corrected chi connectivity index (χ2v) is 6.05. The molecule has 0 aliphatic rings. The number of carbonyl (C=O) groups is 1. The molecule has 0 spiro atoms. The molecule has 6 nitrogen and oxygen atoms in total. The number of anilines is 1. The van der Waals surface area contributed by atoms with E-state index in [1.54, 1.807) is 46.3 Å². The minimum absolute atomic E-state index is 0.258. The second kappa shape index (κ2) is 9.10. The predicted molar refractivity (Wildman–Crippen MR) is 104 cm³/mol. The molecule has 1 atom stereocenters. The number of hydrogen-bond donors (Lipinski definition) is 2. The first-order valence-corrected chi connectivity index (χ1v) is 8.41. The van der Waals surface area contributed by atoms with Crippen LogP contribution in [0.5, 0.6) is 11.5 Å². The van der Waals surface area contributed by atoms with Crippen LogP contribution in [0.4, 0.5) is 5.69 Å². The van der Waals surface area contributed by atoms with Crippen LogP contribution in [-0.4, -0.2) is 31.9 Å². The molecule has 2 aromatic rings. The number of amides is 1. The van der Waals surface area contributed by atoms with Gasteiger partial charge in [-0.3, -0.25) is 4.79 Å². The maximum atomic E-state index is 12.2. The van der Waals surface area contributed by atoms with E-state index in [0.717, 1.165) is 11.3 Å². The fourth-order valence-corrected chi connectivity index (χ4v) is 2.38. The molecule has 0 heterocycles. The zero-order chi connectivity index (χ0) is 19.1. The Hall–Kier alpha value is -2.73. The van der Waals surface area contributed by atoms with E-state index >= 15 is 0 Å². The average Bonchev–Trinajstić information content (AvgIpc) is 2.66. The maximum Gasteiger partial charge on any atom is 0.262 e. The van der Waals surface area contributed by atoms with Crippen molar-refractivity contribution in [1.82, 2.24) is 5.43 Å². The summed E-state index contributed by atoms with van der Waals surface area (Å²) in [6.07, 6.45) is 0. The predicted octanol–water partition coefficient (Wildman–Crippen LogP) is 3.70. The summed E-state index contributed by atoms with van der Waals surface area (Å²) >= 11 is 5.85. The van der Waals surface area contributed by atoms with Crippen molar-refractivity contribution < 1.29 is 14.3 Å². The Morgan fingerprint density at radius 2 is 1.81 bits per heavy atom. The number of methoxy groups -OCH3 is 2. The molecule has 0 aromatic heterocycles. The van der Waals surface area contributed by atoms with Crippen molar-refractivity contribution in [3.05, 3.63) is 53.1 Å². The van der Waals surface area contributed by atoms with E-state index in [-0.39, 0.29) is 5.91 Å². The number of nitrogens with zero attached hydrogens (tertiary/aromatic N) is 1. The molecular weight excluding hydrogens is 354 g/mol. The van der Waals surface area contributed by atoms with Gasteiger partial charge in [-0.25, -0.2) is 5.43 Å². The lowest BCUT2D eigenvalue weighted by Gasteiger charge is -2.14. The summed E-state index contributed by atoms with van der Waals surface area (Å²) in [7, 11) is 3.16. The van der Waals surface area contributed by atoms with Gasteiger partial charge in [0.15, 0.2) is 0 Å². The largest absolute Gasteiger partial charge is 0.497 e. The Morgan fingerprint density at radius 3 is 2.42 bits per heavy atom. The molecule has 0 fully saturated rings.